The third-order valence-corrected chi connectivity index (χ3v) is 4.92. The number of hydrazine groups is 1. The fraction of sp³-hybridized carbons (Fsp3) is 0.409. The molecule has 150 valence electrons. The molecule has 0 aliphatic carbocycles. The Morgan fingerprint density at radius 3 is 1.96 bits per heavy atom. The molecule has 0 atom stereocenters. The normalized spacial score (nSPS) is 12.9. The molecule has 0 bridgehead atoms. The fourth-order valence-electron chi connectivity index (χ4n) is 3.37. The van der Waals surface area contributed by atoms with Crippen LogP contribution in [0.3, 0.4) is 0 Å². The summed E-state index contributed by atoms with van der Waals surface area (Å²) in [7, 11) is 0. The average Bonchev–Trinajstić information content (AvgIpc) is 2.73. The van der Waals surface area contributed by atoms with E-state index >= 15 is 0 Å². The second-order valence-electron chi connectivity index (χ2n) is 7.04. The molecule has 6 nitrogen and oxygen atoms in total. The topological polar surface area (TPSA) is 65.0 Å². The number of carbonyl (C=O) groups is 1. The zero-order chi connectivity index (χ0) is 19.9. The standard InChI is InChI=1S/C22H29N3O3/c1-3-5-15-24(16-6-4-2)23-22(26)25(27)21-17-11-7-9-13-19(17)28-20-14-10-8-12-18(20)21/h7-14,21,27H,3-6,15-16H2,1-2H3,(H,23,26). The second-order valence-corrected chi connectivity index (χ2v) is 7.04. The van der Waals surface area contributed by atoms with Gasteiger partial charge < -0.3 is 4.74 Å². The van der Waals surface area contributed by atoms with E-state index in [2.05, 4.69) is 19.3 Å². The number of hydroxylamine groups is 2. The highest BCUT2D eigenvalue weighted by atomic mass is 16.5. The van der Waals surface area contributed by atoms with Crippen molar-refractivity contribution in [3.05, 3.63) is 59.7 Å². The molecule has 1 heterocycles. The first-order chi connectivity index (χ1) is 13.7. The van der Waals surface area contributed by atoms with Crippen LogP contribution in [0.25, 0.3) is 0 Å². The molecule has 3 rings (SSSR count). The van der Waals surface area contributed by atoms with Gasteiger partial charge in [-0.15, -0.1) is 0 Å². The van der Waals surface area contributed by atoms with E-state index in [-0.39, 0.29) is 0 Å². The summed E-state index contributed by atoms with van der Waals surface area (Å²) in [4.78, 5) is 12.9. The smallest absolute Gasteiger partial charge is 0.356 e. The highest BCUT2D eigenvalue weighted by molar-refractivity contribution is 5.74. The first-order valence-corrected chi connectivity index (χ1v) is 10.0. The number of fused-ring (bicyclic) bond motifs is 2. The van der Waals surface area contributed by atoms with Crippen molar-refractivity contribution in [3.63, 3.8) is 0 Å². The molecule has 28 heavy (non-hydrogen) atoms. The Hall–Kier alpha value is -2.57. The molecule has 0 saturated carbocycles. The molecule has 2 N–H and O–H groups in total. The molecule has 2 amide bonds. The van der Waals surface area contributed by atoms with Crippen molar-refractivity contribution in [3.8, 4) is 11.5 Å². The number of hydrogen-bond donors (Lipinski definition) is 2. The van der Waals surface area contributed by atoms with Crippen molar-refractivity contribution in [1.82, 2.24) is 15.5 Å². The number of urea groups is 1. The van der Waals surface area contributed by atoms with Crippen molar-refractivity contribution >= 4 is 6.03 Å². The molecule has 0 unspecified atom stereocenters. The zero-order valence-corrected chi connectivity index (χ0v) is 16.6. The molecule has 0 spiro atoms. The Balaban J connectivity index is 1.82. The summed E-state index contributed by atoms with van der Waals surface area (Å²) in [6, 6.07) is 13.8. The van der Waals surface area contributed by atoms with Gasteiger partial charge in [0.05, 0.1) is 0 Å². The number of benzene rings is 2. The number of para-hydroxylation sites is 2. The van der Waals surface area contributed by atoms with E-state index in [0.29, 0.717) is 11.5 Å². The highest BCUT2D eigenvalue weighted by Gasteiger charge is 2.34. The zero-order valence-electron chi connectivity index (χ0n) is 16.6. The number of hydrogen-bond acceptors (Lipinski definition) is 4. The fourth-order valence-corrected chi connectivity index (χ4v) is 3.37. The highest BCUT2D eigenvalue weighted by Crippen LogP contribution is 2.44. The van der Waals surface area contributed by atoms with Crippen LogP contribution in [-0.2, 0) is 0 Å². The minimum Gasteiger partial charge on any atom is -0.457 e. The number of nitrogens with one attached hydrogen (secondary N) is 1. The Kier molecular flexibility index (Phi) is 6.90. The van der Waals surface area contributed by atoms with Crippen molar-refractivity contribution < 1.29 is 14.7 Å². The Bertz CT molecular complexity index is 743. The summed E-state index contributed by atoms with van der Waals surface area (Å²) in [6.45, 7) is 5.76. The maximum atomic E-state index is 12.9. The van der Waals surface area contributed by atoms with Gasteiger partial charge in [0, 0.05) is 24.2 Å². The van der Waals surface area contributed by atoms with Gasteiger partial charge in [0.1, 0.15) is 17.5 Å². The van der Waals surface area contributed by atoms with Crippen LogP contribution in [0.15, 0.2) is 48.5 Å². The van der Waals surface area contributed by atoms with Crippen LogP contribution in [0.2, 0.25) is 0 Å². The Morgan fingerprint density at radius 1 is 0.964 bits per heavy atom. The van der Waals surface area contributed by atoms with E-state index in [4.69, 9.17) is 4.74 Å². The molecule has 0 fully saturated rings. The summed E-state index contributed by atoms with van der Waals surface area (Å²) in [5.74, 6) is 1.29. The predicted molar refractivity (Wildman–Crippen MR) is 108 cm³/mol. The van der Waals surface area contributed by atoms with Gasteiger partial charge in [-0.1, -0.05) is 63.1 Å². The van der Waals surface area contributed by atoms with Crippen molar-refractivity contribution in [1.29, 1.82) is 0 Å². The molecular formula is C22H29N3O3. The minimum absolute atomic E-state index is 0.538. The van der Waals surface area contributed by atoms with Crippen LogP contribution < -0.4 is 10.2 Å². The molecule has 2 aromatic rings. The predicted octanol–water partition coefficient (Wildman–Crippen LogP) is 5.10. The molecule has 6 heteroatoms. The first-order valence-electron chi connectivity index (χ1n) is 10.0. The number of amides is 2. The van der Waals surface area contributed by atoms with E-state index in [9.17, 15) is 10.0 Å². The number of carbonyl (C=O) groups excluding carboxylic acids is 1. The van der Waals surface area contributed by atoms with E-state index in [1.54, 1.807) is 0 Å². The average molecular weight is 383 g/mol. The Labute approximate surface area is 166 Å². The Morgan fingerprint density at radius 2 is 1.46 bits per heavy atom. The maximum Gasteiger partial charge on any atom is 0.356 e. The third kappa shape index (κ3) is 4.46. The number of nitrogens with zero attached hydrogens (tertiary/aromatic N) is 2. The van der Waals surface area contributed by atoms with Crippen LogP contribution in [0.4, 0.5) is 4.79 Å². The van der Waals surface area contributed by atoms with Gasteiger partial charge in [0.15, 0.2) is 0 Å². The number of ether oxygens (including phenoxy) is 1. The summed E-state index contributed by atoms with van der Waals surface area (Å²) in [5.41, 5.74) is 4.39. The van der Waals surface area contributed by atoms with E-state index < -0.39 is 12.1 Å². The van der Waals surface area contributed by atoms with Crippen molar-refractivity contribution in [2.75, 3.05) is 13.1 Å². The lowest BCUT2D eigenvalue weighted by Gasteiger charge is -2.34. The monoisotopic (exact) mass is 383 g/mol. The summed E-state index contributed by atoms with van der Waals surface area (Å²) in [6.07, 6.45) is 4.06. The summed E-state index contributed by atoms with van der Waals surface area (Å²) < 4.78 is 5.94. The van der Waals surface area contributed by atoms with E-state index in [0.717, 1.165) is 55.0 Å². The molecule has 1 aliphatic rings. The minimum atomic E-state index is -0.625. The lowest BCUT2D eigenvalue weighted by atomic mass is 9.94. The molecule has 2 aromatic carbocycles. The summed E-state index contributed by atoms with van der Waals surface area (Å²) in [5, 5.41) is 13.6. The van der Waals surface area contributed by atoms with Crippen molar-refractivity contribution in [2.45, 2.75) is 45.6 Å². The lowest BCUT2D eigenvalue weighted by Crippen LogP contribution is -2.50. The van der Waals surface area contributed by atoms with Gasteiger partial charge in [-0.2, -0.15) is 5.06 Å². The van der Waals surface area contributed by atoms with Gasteiger partial charge in [-0.25, -0.2) is 9.80 Å². The molecule has 0 aromatic heterocycles. The SMILES string of the molecule is CCCCN(CCCC)NC(=O)N(O)C1c2ccccc2Oc2ccccc21. The molecular weight excluding hydrogens is 354 g/mol. The second kappa shape index (κ2) is 9.57. The van der Waals surface area contributed by atoms with Gasteiger partial charge in [0.25, 0.3) is 0 Å². The van der Waals surface area contributed by atoms with E-state index in [1.807, 2.05) is 53.5 Å². The van der Waals surface area contributed by atoms with Crippen LogP contribution in [0.5, 0.6) is 11.5 Å². The van der Waals surface area contributed by atoms with Crippen LogP contribution >= 0.6 is 0 Å². The van der Waals surface area contributed by atoms with Crippen LogP contribution in [0.1, 0.15) is 56.7 Å². The molecule has 0 radical (unpaired) electrons. The van der Waals surface area contributed by atoms with Gasteiger partial charge in [-0.05, 0) is 25.0 Å². The quantitative estimate of drug-likeness (QED) is 0.492. The third-order valence-electron chi connectivity index (χ3n) is 4.92. The van der Waals surface area contributed by atoms with Crippen LogP contribution in [0, 0.1) is 0 Å². The number of rotatable bonds is 8. The van der Waals surface area contributed by atoms with Crippen LogP contribution in [-0.4, -0.2) is 34.4 Å². The lowest BCUT2D eigenvalue weighted by molar-refractivity contribution is -0.0764. The molecule has 1 aliphatic heterocycles. The maximum absolute atomic E-state index is 12.9. The largest absolute Gasteiger partial charge is 0.457 e. The summed E-state index contributed by atoms with van der Waals surface area (Å²) >= 11 is 0. The first kappa shape index (κ1) is 20.2. The van der Waals surface area contributed by atoms with E-state index in [1.165, 1.54) is 0 Å². The molecule has 0 saturated heterocycles. The van der Waals surface area contributed by atoms with Gasteiger partial charge in [0.2, 0.25) is 0 Å². The van der Waals surface area contributed by atoms with Gasteiger partial charge >= 0.3 is 6.03 Å². The number of unbranched alkanes of at least 4 members (excludes halogenated alkanes) is 2. The van der Waals surface area contributed by atoms with Crippen molar-refractivity contribution in [2.24, 2.45) is 0 Å². The van der Waals surface area contributed by atoms with Gasteiger partial charge in [-0.3, -0.25) is 10.6 Å².